The van der Waals surface area contributed by atoms with Crippen LogP contribution in [-0.2, 0) is 0 Å². The molecule has 1 heteroatoms. The largest absolute Gasteiger partial charge is 0.155 e. The van der Waals surface area contributed by atoms with E-state index in [0.29, 0.717) is 10.8 Å². The summed E-state index contributed by atoms with van der Waals surface area (Å²) in [7, 11) is 0. The quantitative estimate of drug-likeness (QED) is 0.533. The highest BCUT2D eigenvalue weighted by molar-refractivity contribution is 8.00. The van der Waals surface area contributed by atoms with Crippen LogP contribution in [0.5, 0.6) is 0 Å². The third-order valence-corrected chi connectivity index (χ3v) is 7.81. The van der Waals surface area contributed by atoms with E-state index < -0.39 is 0 Å². The molecule has 0 amide bonds. The van der Waals surface area contributed by atoms with Crippen molar-refractivity contribution in [2.24, 2.45) is 22.7 Å². The molecule has 0 bridgehead atoms. The summed E-state index contributed by atoms with van der Waals surface area (Å²) in [5.41, 5.74) is 0.980. The minimum atomic E-state index is 0.490. The molecule has 2 rings (SSSR count). The summed E-state index contributed by atoms with van der Waals surface area (Å²) in [6.07, 6.45) is 11.7. The molecule has 124 valence electrons. The van der Waals surface area contributed by atoms with E-state index in [4.69, 9.17) is 0 Å². The summed E-state index contributed by atoms with van der Waals surface area (Å²) in [6, 6.07) is 0. The molecule has 0 radical (unpaired) electrons. The molecule has 0 N–H and O–H groups in total. The van der Waals surface area contributed by atoms with Gasteiger partial charge in [-0.25, -0.2) is 0 Å². The third kappa shape index (κ3) is 4.66. The van der Waals surface area contributed by atoms with Gasteiger partial charge in [0.2, 0.25) is 0 Å². The number of hydrogen-bond acceptors (Lipinski definition) is 1. The molecule has 0 nitrogen and oxygen atoms in total. The van der Waals surface area contributed by atoms with Crippen LogP contribution < -0.4 is 0 Å². The monoisotopic (exact) mass is 310 g/mol. The van der Waals surface area contributed by atoms with E-state index in [1.807, 2.05) is 0 Å². The van der Waals surface area contributed by atoms with Crippen LogP contribution in [0.4, 0.5) is 0 Å². The van der Waals surface area contributed by atoms with Gasteiger partial charge in [0.15, 0.2) is 0 Å². The van der Waals surface area contributed by atoms with Gasteiger partial charge in [0.1, 0.15) is 0 Å². The first-order valence-electron chi connectivity index (χ1n) is 9.35. The van der Waals surface area contributed by atoms with Crippen molar-refractivity contribution in [1.82, 2.24) is 0 Å². The Morgan fingerprint density at radius 2 is 0.905 bits per heavy atom. The molecule has 0 aliphatic heterocycles. The van der Waals surface area contributed by atoms with Crippen LogP contribution >= 0.6 is 11.8 Å². The van der Waals surface area contributed by atoms with E-state index in [1.165, 1.54) is 51.4 Å². The molecule has 2 aliphatic carbocycles. The first-order valence-corrected chi connectivity index (χ1v) is 10.3. The molecule has 0 aromatic rings. The fourth-order valence-electron chi connectivity index (χ4n) is 4.73. The summed E-state index contributed by atoms with van der Waals surface area (Å²) in [5.74, 6) is 1.86. The van der Waals surface area contributed by atoms with Gasteiger partial charge < -0.3 is 0 Å². The van der Waals surface area contributed by atoms with Crippen molar-refractivity contribution in [2.75, 3.05) is 0 Å². The molecule has 0 aromatic carbocycles. The minimum Gasteiger partial charge on any atom is -0.155 e. The lowest BCUT2D eigenvalue weighted by Gasteiger charge is -2.46. The highest BCUT2D eigenvalue weighted by Gasteiger charge is 2.40. The molecule has 4 unspecified atom stereocenters. The van der Waals surface area contributed by atoms with Crippen molar-refractivity contribution >= 4 is 11.8 Å². The molecule has 0 aromatic heterocycles. The van der Waals surface area contributed by atoms with Crippen LogP contribution in [0.15, 0.2) is 0 Å². The normalized spacial score (nSPS) is 35.7. The summed E-state index contributed by atoms with van der Waals surface area (Å²) < 4.78 is 0. The number of thioether (sulfide) groups is 1. The molecule has 0 spiro atoms. The van der Waals surface area contributed by atoms with Crippen LogP contribution in [0.25, 0.3) is 0 Å². The topological polar surface area (TPSA) is 0 Å². The summed E-state index contributed by atoms with van der Waals surface area (Å²) >= 11 is 2.41. The van der Waals surface area contributed by atoms with E-state index >= 15 is 0 Å². The molecular weight excluding hydrogens is 272 g/mol. The molecule has 2 fully saturated rings. The molecule has 2 saturated carbocycles. The summed E-state index contributed by atoms with van der Waals surface area (Å²) in [5, 5.41) is 1.85. The Hall–Kier alpha value is 0.350. The van der Waals surface area contributed by atoms with Crippen molar-refractivity contribution in [3.63, 3.8) is 0 Å². The molecule has 0 saturated heterocycles. The highest BCUT2D eigenvalue weighted by Crippen LogP contribution is 2.50. The van der Waals surface area contributed by atoms with E-state index in [1.54, 1.807) is 0 Å². The lowest BCUT2D eigenvalue weighted by molar-refractivity contribution is 0.176. The Morgan fingerprint density at radius 3 is 1.24 bits per heavy atom. The number of rotatable bonds is 2. The van der Waals surface area contributed by atoms with Gasteiger partial charge in [-0.2, -0.15) is 11.8 Å². The molecule has 21 heavy (non-hydrogen) atoms. The summed E-state index contributed by atoms with van der Waals surface area (Å²) in [6.45, 7) is 14.8. The SMILES string of the molecule is CC(C)(C)C1CCCCC1SC1CCCCC1C(C)(C)C. The molecule has 4 atom stereocenters. The van der Waals surface area contributed by atoms with Gasteiger partial charge >= 0.3 is 0 Å². The average molecular weight is 311 g/mol. The van der Waals surface area contributed by atoms with Crippen molar-refractivity contribution in [3.05, 3.63) is 0 Å². The van der Waals surface area contributed by atoms with Crippen molar-refractivity contribution < 1.29 is 0 Å². The second-order valence-corrected chi connectivity index (χ2v) is 11.2. The lowest BCUT2D eigenvalue weighted by Crippen LogP contribution is -2.38. The zero-order valence-electron chi connectivity index (χ0n) is 15.4. The maximum atomic E-state index is 2.47. The van der Waals surface area contributed by atoms with Crippen LogP contribution in [0.1, 0.15) is 92.9 Å². The molecule has 2 aliphatic rings. The van der Waals surface area contributed by atoms with Crippen LogP contribution in [0, 0.1) is 22.7 Å². The van der Waals surface area contributed by atoms with E-state index in [2.05, 4.69) is 53.3 Å². The Labute approximate surface area is 138 Å². The van der Waals surface area contributed by atoms with Gasteiger partial charge in [-0.3, -0.25) is 0 Å². The van der Waals surface area contributed by atoms with Crippen molar-refractivity contribution in [3.8, 4) is 0 Å². The van der Waals surface area contributed by atoms with Gasteiger partial charge in [-0.1, -0.05) is 67.2 Å². The predicted octanol–water partition coefficient (Wildman–Crippen LogP) is 6.93. The second kappa shape index (κ2) is 6.85. The van der Waals surface area contributed by atoms with E-state index in [-0.39, 0.29) is 0 Å². The first-order chi connectivity index (χ1) is 9.69. The number of hydrogen-bond donors (Lipinski definition) is 0. The molecular formula is C20H38S. The smallest absolute Gasteiger partial charge is 0.00832 e. The predicted molar refractivity (Wildman–Crippen MR) is 98.0 cm³/mol. The van der Waals surface area contributed by atoms with Gasteiger partial charge in [-0.05, 0) is 48.3 Å². The minimum absolute atomic E-state index is 0.490. The van der Waals surface area contributed by atoms with Crippen molar-refractivity contribution in [2.45, 2.75) is 103 Å². The Kier molecular flexibility index (Phi) is 5.77. The van der Waals surface area contributed by atoms with Crippen LogP contribution in [0.3, 0.4) is 0 Å². The Bertz CT molecular complexity index is 288. The van der Waals surface area contributed by atoms with Crippen molar-refractivity contribution in [1.29, 1.82) is 0 Å². The highest BCUT2D eigenvalue weighted by atomic mass is 32.2. The lowest BCUT2D eigenvalue weighted by atomic mass is 9.71. The standard InChI is InChI=1S/C20H38S/c1-19(2,3)15-11-7-9-13-17(15)21-18-14-10-8-12-16(18)20(4,5)6/h15-18H,7-14H2,1-6H3. The molecule has 0 heterocycles. The second-order valence-electron chi connectivity index (χ2n) is 9.73. The zero-order valence-corrected chi connectivity index (χ0v) is 16.2. The average Bonchev–Trinajstić information content (AvgIpc) is 2.37. The zero-order chi connectivity index (χ0) is 15.7. The van der Waals surface area contributed by atoms with Gasteiger partial charge in [0.25, 0.3) is 0 Å². The summed E-state index contributed by atoms with van der Waals surface area (Å²) in [4.78, 5) is 0. The van der Waals surface area contributed by atoms with Crippen LogP contribution in [0.2, 0.25) is 0 Å². The Morgan fingerprint density at radius 1 is 0.571 bits per heavy atom. The van der Waals surface area contributed by atoms with Gasteiger partial charge in [-0.15, -0.1) is 0 Å². The van der Waals surface area contributed by atoms with E-state index in [9.17, 15) is 0 Å². The van der Waals surface area contributed by atoms with Gasteiger partial charge in [0, 0.05) is 10.5 Å². The van der Waals surface area contributed by atoms with Gasteiger partial charge in [0.05, 0.1) is 0 Å². The maximum Gasteiger partial charge on any atom is 0.00832 e. The maximum absolute atomic E-state index is 2.47. The van der Waals surface area contributed by atoms with E-state index in [0.717, 1.165) is 22.3 Å². The Balaban J connectivity index is 2.06. The first kappa shape index (κ1) is 17.7. The third-order valence-electron chi connectivity index (χ3n) is 5.98. The fourth-order valence-corrected chi connectivity index (χ4v) is 7.25. The fraction of sp³-hybridized carbons (Fsp3) is 1.00. The van der Waals surface area contributed by atoms with Crippen LogP contribution in [-0.4, -0.2) is 10.5 Å².